The first-order chi connectivity index (χ1) is 15.5. The van der Waals surface area contributed by atoms with Crippen LogP contribution >= 0.6 is 0 Å². The van der Waals surface area contributed by atoms with Crippen LogP contribution in [0.1, 0.15) is 30.2 Å². The number of aromatic nitrogens is 3. The van der Waals surface area contributed by atoms with Gasteiger partial charge in [0.05, 0.1) is 19.6 Å². The van der Waals surface area contributed by atoms with Crippen molar-refractivity contribution in [3.63, 3.8) is 0 Å². The Kier molecular flexibility index (Phi) is 6.39. The summed E-state index contributed by atoms with van der Waals surface area (Å²) in [5, 5.41) is 3.33. The molecule has 8 heteroatoms. The molecule has 0 saturated heterocycles. The molecule has 1 atom stereocenters. The normalized spacial score (nSPS) is 15.3. The highest BCUT2D eigenvalue weighted by atomic mass is 16.5. The highest BCUT2D eigenvalue weighted by Gasteiger charge is 2.19. The third kappa shape index (κ3) is 4.59. The molecule has 1 aromatic carbocycles. The number of aryl methyl sites for hydroxylation is 1. The molecule has 8 nitrogen and oxygen atoms in total. The molecular weight excluding hydrogens is 408 g/mol. The van der Waals surface area contributed by atoms with Crippen molar-refractivity contribution in [1.29, 1.82) is 0 Å². The monoisotopic (exact) mass is 436 g/mol. The van der Waals surface area contributed by atoms with E-state index in [-0.39, 0.29) is 18.0 Å². The average Bonchev–Trinajstić information content (AvgIpc) is 2.80. The van der Waals surface area contributed by atoms with E-state index in [0.717, 1.165) is 36.1 Å². The van der Waals surface area contributed by atoms with E-state index in [1.165, 1.54) is 10.9 Å². The zero-order valence-electron chi connectivity index (χ0n) is 18.7. The number of hydrogen-bond acceptors (Lipinski definition) is 6. The number of fused-ring (bicyclic) bond motifs is 2. The number of hydrogen-bond donors (Lipinski definition) is 1. The minimum absolute atomic E-state index is 0.0883. The molecule has 0 radical (unpaired) electrons. The molecule has 2 aromatic heterocycles. The van der Waals surface area contributed by atoms with Crippen LogP contribution < -0.4 is 20.3 Å². The Morgan fingerprint density at radius 2 is 2.09 bits per heavy atom. The standard InChI is InChI=1S/C24H28N4O4/c1-15-4-7-20-17(10-15)11-19-23(27-20)26-14-28(24(19)30)13-22(29)25-9-8-16-5-6-18(31-2)12-21(16)32-3/h5-6,11-12,14-15H,4,7-10,13H2,1-3H3,(H,25,29)/t15-/m0/s1. The SMILES string of the molecule is COc1ccc(CCNC(=O)Cn2cnc3nc4c(cc3c2=O)C[C@@H](C)CC4)c(OC)c1. The highest BCUT2D eigenvalue weighted by molar-refractivity contribution is 5.77. The van der Waals surface area contributed by atoms with Gasteiger partial charge < -0.3 is 14.8 Å². The number of pyridine rings is 1. The molecule has 0 fully saturated rings. The van der Waals surface area contributed by atoms with Crippen molar-refractivity contribution >= 4 is 16.9 Å². The van der Waals surface area contributed by atoms with Gasteiger partial charge in [0.25, 0.3) is 5.56 Å². The molecule has 1 N–H and O–H groups in total. The molecule has 0 bridgehead atoms. The first kappa shape index (κ1) is 21.8. The Morgan fingerprint density at radius 3 is 2.88 bits per heavy atom. The fourth-order valence-electron chi connectivity index (χ4n) is 4.14. The Hall–Kier alpha value is -3.42. The quantitative estimate of drug-likeness (QED) is 0.611. The summed E-state index contributed by atoms with van der Waals surface area (Å²) < 4.78 is 11.9. The first-order valence-electron chi connectivity index (χ1n) is 10.8. The molecule has 0 spiro atoms. The van der Waals surface area contributed by atoms with Crippen molar-refractivity contribution in [3.05, 3.63) is 57.8 Å². The van der Waals surface area contributed by atoms with Gasteiger partial charge in [-0.1, -0.05) is 13.0 Å². The minimum atomic E-state index is -0.250. The summed E-state index contributed by atoms with van der Waals surface area (Å²) in [5.74, 6) is 1.75. The maximum atomic E-state index is 12.9. The van der Waals surface area contributed by atoms with Crippen LogP contribution in [-0.2, 0) is 30.6 Å². The number of ether oxygens (including phenoxy) is 2. The van der Waals surface area contributed by atoms with E-state index in [2.05, 4.69) is 22.2 Å². The lowest BCUT2D eigenvalue weighted by Crippen LogP contribution is -2.33. The summed E-state index contributed by atoms with van der Waals surface area (Å²) >= 11 is 0. The van der Waals surface area contributed by atoms with E-state index in [1.54, 1.807) is 14.2 Å². The van der Waals surface area contributed by atoms with Crippen LogP contribution in [0.25, 0.3) is 11.0 Å². The summed E-state index contributed by atoms with van der Waals surface area (Å²) in [7, 11) is 3.20. The number of amides is 1. The highest BCUT2D eigenvalue weighted by Crippen LogP contribution is 2.26. The lowest BCUT2D eigenvalue weighted by atomic mass is 9.87. The van der Waals surface area contributed by atoms with Gasteiger partial charge in [0, 0.05) is 18.3 Å². The van der Waals surface area contributed by atoms with E-state index in [1.807, 2.05) is 24.3 Å². The molecule has 1 amide bonds. The van der Waals surface area contributed by atoms with Crippen molar-refractivity contribution in [1.82, 2.24) is 19.9 Å². The fourth-order valence-corrected chi connectivity index (χ4v) is 4.14. The number of carbonyl (C=O) groups excluding carboxylic acids is 1. The third-order valence-corrected chi connectivity index (χ3v) is 5.95. The van der Waals surface area contributed by atoms with Gasteiger partial charge in [0.15, 0.2) is 5.65 Å². The smallest absolute Gasteiger partial charge is 0.263 e. The van der Waals surface area contributed by atoms with Crippen molar-refractivity contribution in [2.24, 2.45) is 5.92 Å². The van der Waals surface area contributed by atoms with E-state index in [4.69, 9.17) is 9.47 Å². The van der Waals surface area contributed by atoms with Crippen LogP contribution in [-0.4, -0.2) is 41.2 Å². The fraction of sp³-hybridized carbons (Fsp3) is 0.417. The molecule has 0 aliphatic heterocycles. The van der Waals surface area contributed by atoms with E-state index >= 15 is 0 Å². The maximum absolute atomic E-state index is 12.9. The van der Waals surface area contributed by atoms with Crippen LogP contribution in [0.3, 0.4) is 0 Å². The molecule has 0 saturated carbocycles. The van der Waals surface area contributed by atoms with Gasteiger partial charge in [0.1, 0.15) is 24.4 Å². The Morgan fingerprint density at radius 1 is 1.25 bits per heavy atom. The molecule has 32 heavy (non-hydrogen) atoms. The van der Waals surface area contributed by atoms with Gasteiger partial charge in [-0.25, -0.2) is 9.97 Å². The number of benzene rings is 1. The number of carbonyl (C=O) groups is 1. The second kappa shape index (κ2) is 9.38. The lowest BCUT2D eigenvalue weighted by Gasteiger charge is -2.20. The second-order valence-corrected chi connectivity index (χ2v) is 8.27. The Balaban J connectivity index is 1.42. The van der Waals surface area contributed by atoms with Crippen LogP contribution in [0.2, 0.25) is 0 Å². The predicted molar refractivity (Wildman–Crippen MR) is 121 cm³/mol. The molecule has 168 valence electrons. The van der Waals surface area contributed by atoms with Gasteiger partial charge in [-0.3, -0.25) is 14.2 Å². The van der Waals surface area contributed by atoms with Crippen LogP contribution in [0.5, 0.6) is 11.5 Å². The van der Waals surface area contributed by atoms with Crippen LogP contribution in [0.15, 0.2) is 35.4 Å². The number of nitrogens with one attached hydrogen (secondary N) is 1. The van der Waals surface area contributed by atoms with Crippen molar-refractivity contribution in [2.45, 2.75) is 39.2 Å². The summed E-state index contributed by atoms with van der Waals surface area (Å²) in [6.07, 6.45) is 4.94. The zero-order chi connectivity index (χ0) is 22.7. The van der Waals surface area contributed by atoms with Gasteiger partial charge >= 0.3 is 0 Å². The third-order valence-electron chi connectivity index (χ3n) is 5.95. The van der Waals surface area contributed by atoms with Crippen molar-refractivity contribution in [2.75, 3.05) is 20.8 Å². The molecule has 2 heterocycles. The summed E-state index contributed by atoms with van der Waals surface area (Å²) in [5.41, 5.74) is 3.32. The second-order valence-electron chi connectivity index (χ2n) is 8.27. The lowest BCUT2D eigenvalue weighted by molar-refractivity contribution is -0.121. The number of rotatable bonds is 7. The Bertz CT molecular complexity index is 1200. The van der Waals surface area contributed by atoms with E-state index < -0.39 is 0 Å². The van der Waals surface area contributed by atoms with Gasteiger partial charge in [0.2, 0.25) is 5.91 Å². The minimum Gasteiger partial charge on any atom is -0.497 e. The molecule has 4 rings (SSSR count). The van der Waals surface area contributed by atoms with E-state index in [0.29, 0.717) is 41.4 Å². The van der Waals surface area contributed by atoms with Gasteiger partial charge in [-0.2, -0.15) is 0 Å². The average molecular weight is 437 g/mol. The number of methoxy groups -OCH3 is 2. The molecule has 1 aliphatic rings. The zero-order valence-corrected chi connectivity index (χ0v) is 18.7. The van der Waals surface area contributed by atoms with E-state index in [9.17, 15) is 9.59 Å². The Labute approximate surface area is 186 Å². The van der Waals surface area contributed by atoms with Crippen molar-refractivity contribution < 1.29 is 14.3 Å². The largest absolute Gasteiger partial charge is 0.497 e. The molecule has 3 aromatic rings. The molecule has 1 aliphatic carbocycles. The summed E-state index contributed by atoms with van der Waals surface area (Å²) in [6, 6.07) is 7.49. The summed E-state index contributed by atoms with van der Waals surface area (Å²) in [6.45, 7) is 2.54. The number of nitrogens with zero attached hydrogens (tertiary/aromatic N) is 3. The molecule has 0 unspecified atom stereocenters. The summed E-state index contributed by atoms with van der Waals surface area (Å²) in [4.78, 5) is 34.3. The van der Waals surface area contributed by atoms with Crippen LogP contribution in [0.4, 0.5) is 0 Å². The maximum Gasteiger partial charge on any atom is 0.263 e. The predicted octanol–water partition coefficient (Wildman–Crippen LogP) is 2.29. The van der Waals surface area contributed by atoms with Gasteiger partial charge in [-0.05, 0) is 54.9 Å². The van der Waals surface area contributed by atoms with Crippen molar-refractivity contribution in [3.8, 4) is 11.5 Å². The first-order valence-corrected chi connectivity index (χ1v) is 10.8. The van der Waals surface area contributed by atoms with Crippen LogP contribution in [0, 0.1) is 5.92 Å². The van der Waals surface area contributed by atoms with Gasteiger partial charge in [-0.15, -0.1) is 0 Å². The molecular formula is C24H28N4O4. The topological polar surface area (TPSA) is 95.3 Å².